The van der Waals surface area contributed by atoms with Gasteiger partial charge in [-0.3, -0.25) is 19.5 Å². The number of fused-ring (bicyclic) bond motifs is 2. The van der Waals surface area contributed by atoms with Gasteiger partial charge in [0.25, 0.3) is 12.3 Å². The molecule has 1 saturated carbocycles. The monoisotopic (exact) mass is 963 g/mol. The molecular formula is C51H62ClF2N12O3+. The molecule has 0 atom stereocenters. The lowest BCUT2D eigenvalue weighted by molar-refractivity contribution is -0.788. The van der Waals surface area contributed by atoms with Gasteiger partial charge in [0.05, 0.1) is 47.8 Å². The van der Waals surface area contributed by atoms with Crippen molar-refractivity contribution in [3.63, 3.8) is 0 Å². The number of anilines is 3. The first kappa shape index (κ1) is 47.9. The van der Waals surface area contributed by atoms with Crippen LogP contribution in [0, 0.1) is 28.1 Å². The second-order valence-corrected chi connectivity index (χ2v) is 20.9. The number of halogens is 3. The van der Waals surface area contributed by atoms with E-state index >= 15 is 0 Å². The quantitative estimate of drug-likeness (QED) is 0.0998. The average Bonchev–Trinajstić information content (AvgIpc) is 3.70. The zero-order valence-corrected chi connectivity index (χ0v) is 41.0. The number of aryl methyl sites for hydroxylation is 1. The minimum atomic E-state index is -2.71. The number of aromatic nitrogens is 4. The number of carbonyl (C=O) groups is 2. The molecule has 4 aliphatic heterocycles. The first-order chi connectivity index (χ1) is 33.0. The van der Waals surface area contributed by atoms with Crippen LogP contribution in [0.2, 0.25) is 5.02 Å². The Hall–Kier alpha value is -6.12. The fraction of sp³-hybridized carbons (Fsp3) is 0.510. The predicted molar refractivity (Wildman–Crippen MR) is 261 cm³/mol. The van der Waals surface area contributed by atoms with Crippen molar-refractivity contribution in [1.29, 1.82) is 5.26 Å². The van der Waals surface area contributed by atoms with E-state index in [-0.39, 0.29) is 35.6 Å². The number of nitrogens with zero attached hydrogens (tertiary/aromatic N) is 9. The average molecular weight is 965 g/mol. The van der Waals surface area contributed by atoms with Crippen LogP contribution in [0.15, 0.2) is 53.9 Å². The minimum absolute atomic E-state index is 0.0156. The number of benzene rings is 2. The van der Waals surface area contributed by atoms with Crippen molar-refractivity contribution in [2.75, 3.05) is 62.7 Å². The normalized spacial score (nSPS) is 21.6. The number of nitriles is 1. The van der Waals surface area contributed by atoms with Crippen LogP contribution in [0.1, 0.15) is 110 Å². The molecule has 0 unspecified atom stereocenters. The van der Waals surface area contributed by atoms with Gasteiger partial charge in [0.1, 0.15) is 17.9 Å². The second kappa shape index (κ2) is 19.0. The summed E-state index contributed by atoms with van der Waals surface area (Å²) >= 11 is 6.27. The Morgan fingerprint density at radius 1 is 1.09 bits per heavy atom. The van der Waals surface area contributed by atoms with E-state index in [0.717, 1.165) is 81.0 Å². The number of amides is 2. The summed E-state index contributed by atoms with van der Waals surface area (Å²) in [6.07, 6.45) is 7.43. The van der Waals surface area contributed by atoms with Crippen molar-refractivity contribution >= 4 is 52.7 Å². The number of piperidine rings is 1. The molecule has 2 aromatic carbocycles. The Kier molecular flexibility index (Phi) is 13.2. The molecule has 69 heavy (non-hydrogen) atoms. The SMILES string of the molecule is CN=C/C(=C\N)c1cc2c(cc1C(F)F)N(c1[nH][n+](C3CN(CC4CCN(c5ncc(C(=O)NC6C(C)(C)C(Oc7ccc(C#N)c(Cl)c7)C6(C)C)cn5)CC4)C3)c3c1CN(C(C)=O)CC3)CCC2. The highest BCUT2D eigenvalue weighted by molar-refractivity contribution is 6.31. The number of allylic oxidation sites excluding steroid dienone is 1. The number of carbonyl (C=O) groups excluding carboxylic acids is 2. The highest BCUT2D eigenvalue weighted by Crippen LogP contribution is 2.56. The van der Waals surface area contributed by atoms with E-state index in [1.54, 1.807) is 50.6 Å². The summed E-state index contributed by atoms with van der Waals surface area (Å²) in [4.78, 5) is 48.2. The van der Waals surface area contributed by atoms with Crippen molar-refractivity contribution in [2.45, 2.75) is 97.9 Å². The number of ether oxygens (including phenoxy) is 1. The van der Waals surface area contributed by atoms with E-state index in [2.05, 4.69) is 78.5 Å². The van der Waals surface area contributed by atoms with Gasteiger partial charge in [0.15, 0.2) is 5.82 Å². The van der Waals surface area contributed by atoms with Crippen LogP contribution < -0.4 is 30.3 Å². The van der Waals surface area contributed by atoms with Crippen molar-refractivity contribution in [3.8, 4) is 11.8 Å². The lowest BCUT2D eigenvalue weighted by atomic mass is 9.49. The number of hydrogen-bond donors (Lipinski definition) is 3. The van der Waals surface area contributed by atoms with Crippen LogP contribution in [-0.2, 0) is 24.2 Å². The number of likely N-dealkylation sites (tertiary alicyclic amines) is 1. The van der Waals surface area contributed by atoms with E-state index in [0.29, 0.717) is 71.0 Å². The highest BCUT2D eigenvalue weighted by Gasteiger charge is 2.64. The number of nitrogens with two attached hydrogens (primary N) is 1. The van der Waals surface area contributed by atoms with E-state index in [1.807, 2.05) is 11.0 Å². The summed E-state index contributed by atoms with van der Waals surface area (Å²) in [5.41, 5.74) is 10.6. The predicted octanol–water partition coefficient (Wildman–Crippen LogP) is 6.93. The summed E-state index contributed by atoms with van der Waals surface area (Å²) in [5.74, 6) is 2.36. The van der Waals surface area contributed by atoms with Gasteiger partial charge in [-0.05, 0) is 67.0 Å². The number of rotatable bonds is 12. The Bertz CT molecular complexity index is 2700. The molecule has 4 aromatic rings. The number of aliphatic imine (C=N–C) groups is 1. The van der Waals surface area contributed by atoms with Crippen molar-refractivity contribution < 1.29 is 27.8 Å². The first-order valence-electron chi connectivity index (χ1n) is 24.0. The fourth-order valence-electron chi connectivity index (χ4n) is 11.9. The lowest BCUT2D eigenvalue weighted by Crippen LogP contribution is -2.74. The van der Waals surface area contributed by atoms with Crippen molar-refractivity contribution in [3.05, 3.63) is 93.0 Å². The minimum Gasteiger partial charge on any atom is -0.489 e. The Balaban J connectivity index is 0.808. The Labute approximate surface area is 407 Å². The van der Waals surface area contributed by atoms with Crippen LogP contribution in [-0.4, -0.2) is 108 Å². The molecule has 2 aromatic heterocycles. The maximum absolute atomic E-state index is 14.7. The van der Waals surface area contributed by atoms with E-state index in [1.165, 1.54) is 18.1 Å². The molecular weight excluding hydrogens is 902 g/mol. The third-order valence-electron chi connectivity index (χ3n) is 15.2. The van der Waals surface area contributed by atoms with Gasteiger partial charge in [-0.2, -0.15) is 5.26 Å². The molecule has 2 saturated heterocycles. The summed E-state index contributed by atoms with van der Waals surface area (Å²) in [7, 11) is 1.59. The zero-order chi connectivity index (χ0) is 48.9. The molecule has 2 amide bonds. The van der Waals surface area contributed by atoms with Gasteiger partial charge in [-0.25, -0.2) is 18.7 Å². The summed E-state index contributed by atoms with van der Waals surface area (Å²) in [6.45, 7) is 16.0. The van der Waals surface area contributed by atoms with Crippen LogP contribution >= 0.6 is 11.6 Å². The van der Waals surface area contributed by atoms with E-state index < -0.39 is 17.3 Å². The van der Waals surface area contributed by atoms with Gasteiger partial charge in [0.2, 0.25) is 23.6 Å². The topological polar surface area (TPSA) is 176 Å². The summed E-state index contributed by atoms with van der Waals surface area (Å²) in [5, 5.41) is 16.6. The summed E-state index contributed by atoms with van der Waals surface area (Å²) < 4.78 is 38.1. The number of hydrogen-bond acceptors (Lipinski definition) is 11. The third-order valence-corrected chi connectivity index (χ3v) is 15.6. The largest absolute Gasteiger partial charge is 0.489 e. The molecule has 3 fully saturated rings. The Morgan fingerprint density at radius 3 is 2.45 bits per heavy atom. The smallest absolute Gasteiger partial charge is 0.264 e. The molecule has 18 heteroatoms. The molecule has 4 N–H and O–H groups in total. The van der Waals surface area contributed by atoms with Crippen LogP contribution in [0.3, 0.4) is 0 Å². The number of aromatic amines is 1. The summed E-state index contributed by atoms with van der Waals surface area (Å²) in [6, 6.07) is 10.6. The van der Waals surface area contributed by atoms with Crippen LogP contribution in [0.25, 0.3) is 5.57 Å². The van der Waals surface area contributed by atoms with Crippen LogP contribution in [0.4, 0.5) is 26.2 Å². The standard InChI is InChI=1S/C51H61ClF2N12O3/c1-30(67)64-17-13-42-40(29-64)45(65-14-7-8-32-18-38(34(22-56)23-57-6)39(44(53)54)20-43(32)65)61-66(42)36-27-62(28-36)26-31-11-15-63(16-12-31)49-58-24-35(25-59-49)46(68)60-47-50(2,3)48(51(47,4)5)69-37-10-9-33(21-55)41(52)19-37/h9-10,18-20,22-25,31,36,44,47-48H,7-8,11-17,26-29H2,1-6H3,(H3,56,57,60,68)/p+1. The molecule has 0 spiro atoms. The molecule has 0 bridgehead atoms. The fourth-order valence-corrected chi connectivity index (χ4v) is 12.1. The maximum atomic E-state index is 14.7. The zero-order valence-electron chi connectivity index (χ0n) is 40.2. The molecule has 5 aliphatic rings. The van der Waals surface area contributed by atoms with Crippen molar-refractivity contribution in [1.82, 2.24) is 30.2 Å². The van der Waals surface area contributed by atoms with E-state index in [9.17, 15) is 23.6 Å². The molecule has 6 heterocycles. The van der Waals surface area contributed by atoms with Crippen LogP contribution in [0.5, 0.6) is 5.75 Å². The van der Waals surface area contributed by atoms with Gasteiger partial charge in [0, 0.05) is 111 Å². The molecule has 364 valence electrons. The van der Waals surface area contributed by atoms with Gasteiger partial charge >= 0.3 is 0 Å². The number of alkyl halides is 2. The lowest BCUT2D eigenvalue weighted by Gasteiger charge is -2.63. The Morgan fingerprint density at radius 2 is 1.81 bits per heavy atom. The molecule has 15 nitrogen and oxygen atoms in total. The highest BCUT2D eigenvalue weighted by atomic mass is 35.5. The number of H-pyrrole nitrogens is 1. The molecule has 9 rings (SSSR count). The molecule has 1 aliphatic carbocycles. The maximum Gasteiger partial charge on any atom is 0.264 e. The molecule has 0 radical (unpaired) electrons. The second-order valence-electron chi connectivity index (χ2n) is 20.5. The van der Waals surface area contributed by atoms with Gasteiger partial charge in [-0.15, -0.1) is 9.78 Å². The van der Waals surface area contributed by atoms with Gasteiger partial charge < -0.3 is 30.5 Å². The van der Waals surface area contributed by atoms with Crippen molar-refractivity contribution in [2.24, 2.45) is 27.5 Å². The van der Waals surface area contributed by atoms with E-state index in [4.69, 9.17) is 22.1 Å². The van der Waals surface area contributed by atoms with Gasteiger partial charge in [-0.1, -0.05) is 39.3 Å². The number of nitrogens with one attached hydrogen (secondary N) is 2. The third kappa shape index (κ3) is 9.02. The first-order valence-corrected chi connectivity index (χ1v) is 24.3.